The molecule has 3 N–H and O–H groups in total. The fourth-order valence-corrected chi connectivity index (χ4v) is 6.05. The zero-order valence-corrected chi connectivity index (χ0v) is 27.1. The fraction of sp³-hybridized carbons (Fsp3) is 0.625. The Bertz CT molecular complexity index is 1390. The molecule has 1 saturated carbocycles. The lowest BCUT2D eigenvalue weighted by atomic mass is 9.79. The molecule has 1 aromatic carbocycles. The average molecular weight is 646 g/mol. The number of likely N-dealkylation sites (N-methyl/N-ethyl adjacent to an activating group) is 1. The molecule has 4 atom stereocenters. The fourth-order valence-electron chi connectivity index (χ4n) is 6.05. The second-order valence-electron chi connectivity index (χ2n) is 12.6. The molecule has 1 aliphatic carbocycles. The summed E-state index contributed by atoms with van der Waals surface area (Å²) in [5, 5.41) is 15.4. The van der Waals surface area contributed by atoms with E-state index in [0.29, 0.717) is 62.6 Å². The molecule has 2 heterocycles. The maximum Gasteiger partial charge on any atom is 0.276 e. The van der Waals surface area contributed by atoms with Crippen LogP contribution >= 0.6 is 0 Å². The van der Waals surface area contributed by atoms with Crippen LogP contribution < -0.4 is 16.0 Å². The Morgan fingerprint density at radius 1 is 1.00 bits per heavy atom. The van der Waals surface area contributed by atoms with Crippen molar-refractivity contribution in [3.05, 3.63) is 41.0 Å². The Labute approximate surface area is 268 Å². The summed E-state index contributed by atoms with van der Waals surface area (Å²) < 4.78 is 34.2. The van der Waals surface area contributed by atoms with Gasteiger partial charge in [-0.05, 0) is 67.9 Å². The van der Waals surface area contributed by atoms with Gasteiger partial charge >= 0.3 is 0 Å². The first kappa shape index (κ1) is 34.9. The van der Waals surface area contributed by atoms with Gasteiger partial charge < -0.3 is 25.8 Å². The summed E-state index contributed by atoms with van der Waals surface area (Å²) in [6, 6.07) is 2.06. The van der Waals surface area contributed by atoms with Crippen LogP contribution in [0.1, 0.15) is 81.0 Å². The zero-order valence-electron chi connectivity index (χ0n) is 27.1. The molecule has 1 saturated heterocycles. The maximum absolute atomic E-state index is 15.6. The molecule has 4 rings (SSSR count). The summed E-state index contributed by atoms with van der Waals surface area (Å²) in [7, 11) is 1.94. The summed E-state index contributed by atoms with van der Waals surface area (Å²) >= 11 is 0. The quantitative estimate of drug-likeness (QED) is 0.338. The number of amides is 4. The van der Waals surface area contributed by atoms with Crippen molar-refractivity contribution in [1.29, 1.82) is 0 Å². The van der Waals surface area contributed by atoms with E-state index in [0.717, 1.165) is 19.8 Å². The Morgan fingerprint density at radius 2 is 1.67 bits per heavy atom. The van der Waals surface area contributed by atoms with E-state index < -0.39 is 47.7 Å². The number of nitrogens with zero attached hydrogens (tertiary/aromatic N) is 4. The molecule has 0 bridgehead atoms. The number of nitrogens with one attached hydrogen (secondary N) is 3. The molecule has 14 heteroatoms. The van der Waals surface area contributed by atoms with E-state index in [4.69, 9.17) is 4.63 Å². The molecule has 0 spiro atoms. The van der Waals surface area contributed by atoms with Crippen LogP contribution in [0.4, 0.5) is 14.5 Å². The molecule has 2 fully saturated rings. The molecule has 2 aliphatic rings. The van der Waals surface area contributed by atoms with E-state index in [9.17, 15) is 23.6 Å². The minimum Gasteiger partial charge on any atom is -0.341 e. The van der Waals surface area contributed by atoms with Gasteiger partial charge in [-0.3, -0.25) is 19.2 Å². The van der Waals surface area contributed by atoms with Crippen LogP contribution in [0, 0.1) is 17.7 Å². The smallest absolute Gasteiger partial charge is 0.276 e. The number of carbonyl (C=O) groups is 4. The number of aromatic nitrogens is 2. The number of carbonyl (C=O) groups excluding carboxylic acids is 4. The molecular formula is C32H45F2N7O5. The van der Waals surface area contributed by atoms with E-state index >= 15 is 4.39 Å². The third-order valence-corrected chi connectivity index (χ3v) is 9.22. The van der Waals surface area contributed by atoms with Crippen LogP contribution in [0.3, 0.4) is 0 Å². The van der Waals surface area contributed by atoms with Crippen LogP contribution in [0.15, 0.2) is 22.8 Å². The van der Waals surface area contributed by atoms with Gasteiger partial charge in [0.1, 0.15) is 23.6 Å². The highest BCUT2D eigenvalue weighted by Gasteiger charge is 2.36. The van der Waals surface area contributed by atoms with Gasteiger partial charge in [0.25, 0.3) is 11.8 Å². The van der Waals surface area contributed by atoms with Crippen molar-refractivity contribution in [2.24, 2.45) is 11.8 Å². The lowest BCUT2D eigenvalue weighted by molar-refractivity contribution is -0.139. The van der Waals surface area contributed by atoms with E-state index in [1.54, 1.807) is 24.8 Å². The predicted octanol–water partition coefficient (Wildman–Crippen LogP) is 3.05. The molecule has 1 aromatic heterocycles. The van der Waals surface area contributed by atoms with Crippen LogP contribution in [0.5, 0.6) is 0 Å². The summed E-state index contributed by atoms with van der Waals surface area (Å²) in [5.41, 5.74) is 0.645. The molecule has 12 nitrogen and oxygen atoms in total. The predicted molar refractivity (Wildman–Crippen MR) is 166 cm³/mol. The highest BCUT2D eigenvalue weighted by atomic mass is 19.1. The van der Waals surface area contributed by atoms with E-state index in [1.165, 1.54) is 12.1 Å². The minimum absolute atomic E-state index is 0.00363. The monoisotopic (exact) mass is 645 g/mol. The van der Waals surface area contributed by atoms with Gasteiger partial charge in [0.05, 0.1) is 5.69 Å². The number of piperazine rings is 1. The first-order chi connectivity index (χ1) is 21.9. The topological polar surface area (TPSA) is 150 Å². The maximum atomic E-state index is 15.6. The molecule has 46 heavy (non-hydrogen) atoms. The Kier molecular flexibility index (Phi) is 11.8. The largest absolute Gasteiger partial charge is 0.341 e. The zero-order chi connectivity index (χ0) is 33.5. The number of hydrogen-bond donors (Lipinski definition) is 3. The van der Waals surface area contributed by atoms with Gasteiger partial charge in [0, 0.05) is 32.1 Å². The number of benzene rings is 1. The van der Waals surface area contributed by atoms with Crippen molar-refractivity contribution in [2.45, 2.75) is 84.0 Å². The first-order valence-corrected chi connectivity index (χ1v) is 16.0. The highest BCUT2D eigenvalue weighted by molar-refractivity contribution is 6.01. The van der Waals surface area contributed by atoms with Crippen LogP contribution in [0.2, 0.25) is 0 Å². The van der Waals surface area contributed by atoms with Gasteiger partial charge in [-0.2, -0.15) is 0 Å². The number of rotatable bonds is 11. The van der Waals surface area contributed by atoms with Crippen molar-refractivity contribution < 1.29 is 32.6 Å². The second kappa shape index (κ2) is 15.6. The highest BCUT2D eigenvalue weighted by Crippen LogP contribution is 2.32. The molecule has 0 radical (unpaired) electrons. The molecule has 1 aliphatic heterocycles. The lowest BCUT2D eigenvalue weighted by Crippen LogP contribution is -2.56. The van der Waals surface area contributed by atoms with Gasteiger partial charge in [-0.25, -0.2) is 13.4 Å². The van der Waals surface area contributed by atoms with Crippen LogP contribution in [0.25, 0.3) is 0 Å². The normalized spacial score (nSPS) is 21.5. The van der Waals surface area contributed by atoms with Crippen LogP contribution in [-0.4, -0.2) is 95.2 Å². The van der Waals surface area contributed by atoms with Crippen molar-refractivity contribution >= 4 is 29.3 Å². The molecule has 0 unspecified atom stereocenters. The second-order valence-corrected chi connectivity index (χ2v) is 12.6. The van der Waals surface area contributed by atoms with Gasteiger partial charge in [-0.1, -0.05) is 44.8 Å². The number of aryl methyl sites for hydroxylation is 1. The number of alkyl halides is 1. The van der Waals surface area contributed by atoms with E-state index in [-0.39, 0.29) is 23.2 Å². The molecule has 4 amide bonds. The van der Waals surface area contributed by atoms with E-state index in [2.05, 4.69) is 38.1 Å². The van der Waals surface area contributed by atoms with Crippen molar-refractivity contribution in [2.75, 3.05) is 38.5 Å². The Balaban J connectivity index is 1.53. The van der Waals surface area contributed by atoms with Crippen molar-refractivity contribution in [3.8, 4) is 0 Å². The van der Waals surface area contributed by atoms with Crippen LogP contribution in [-0.2, 0) is 20.8 Å². The molecule has 252 valence electrons. The van der Waals surface area contributed by atoms with Gasteiger partial charge in [0.2, 0.25) is 11.8 Å². The summed E-state index contributed by atoms with van der Waals surface area (Å²) in [6.07, 6.45) is 1.79. The van der Waals surface area contributed by atoms with Crippen molar-refractivity contribution in [3.63, 3.8) is 0 Å². The van der Waals surface area contributed by atoms with Gasteiger partial charge in [-0.15, -0.1) is 0 Å². The number of anilines is 1. The number of hydrogen-bond acceptors (Lipinski definition) is 8. The summed E-state index contributed by atoms with van der Waals surface area (Å²) in [6.45, 7) is 8.89. The summed E-state index contributed by atoms with van der Waals surface area (Å²) in [5.74, 6) is -3.62. The molecular weight excluding hydrogens is 600 g/mol. The Morgan fingerprint density at radius 3 is 2.28 bits per heavy atom. The lowest BCUT2D eigenvalue weighted by Gasteiger charge is -2.36. The minimum atomic E-state index is -1.83. The first-order valence-electron chi connectivity index (χ1n) is 16.0. The number of halogens is 2. The van der Waals surface area contributed by atoms with Gasteiger partial charge in [0.15, 0.2) is 11.9 Å². The Hall–Kier alpha value is -3.94. The average Bonchev–Trinajstić information content (AvgIpc) is 3.52. The molecule has 2 aromatic rings. The third-order valence-electron chi connectivity index (χ3n) is 9.22. The van der Waals surface area contributed by atoms with E-state index in [1.807, 2.05) is 7.05 Å². The summed E-state index contributed by atoms with van der Waals surface area (Å²) in [4.78, 5) is 56.3. The van der Waals surface area contributed by atoms with Crippen molar-refractivity contribution in [1.82, 2.24) is 30.7 Å². The standard InChI is InChI=1S/C32H45F2N7O5/c1-6-24-28(39-46-38-24)31(44)37-27(21-9-7-18(2)8-10-21)30(43)35-25-12-11-22(17-23(25)34)19(3)26(36-29(42)20(4)33)32(45)41-15-13-40(5)14-16-41/h11-12,17-21,26-27H,6-10,13-16H2,1-5H3,(H,35,43)(H,36,42)(H,37,44)/t18?,19-,20-,21?,26+,27-/m0/s1. The third kappa shape index (κ3) is 8.45. The SMILES string of the molecule is CCc1nonc1C(=O)N[C@H](C(=O)Nc1ccc([C@H](C)[C@@H](NC(=O)[C@H](C)F)C(=O)N2CCN(C)CC2)cc1F)C1CCC(C)CC1.